The average Bonchev–Trinajstić information content (AvgIpc) is 3.22. The van der Waals surface area contributed by atoms with Gasteiger partial charge in [-0.1, -0.05) is 6.07 Å². The molecule has 2 aromatic heterocycles. The first kappa shape index (κ1) is 25.2. The minimum Gasteiger partial charge on any atom is -0.496 e. The first-order valence-electron chi connectivity index (χ1n) is 12.0. The van der Waals surface area contributed by atoms with Gasteiger partial charge in [-0.2, -0.15) is 0 Å². The Labute approximate surface area is 217 Å². The summed E-state index contributed by atoms with van der Waals surface area (Å²) in [6, 6.07) is 10.7. The second kappa shape index (κ2) is 10.1. The van der Waals surface area contributed by atoms with Gasteiger partial charge in [-0.15, -0.1) is 0 Å². The maximum absolute atomic E-state index is 13.9. The number of hydrogen-bond donors (Lipinski definition) is 1. The third-order valence-electron chi connectivity index (χ3n) is 6.83. The van der Waals surface area contributed by atoms with Crippen molar-refractivity contribution in [3.63, 3.8) is 0 Å². The molecule has 0 bridgehead atoms. The highest BCUT2D eigenvalue weighted by molar-refractivity contribution is 5.94. The van der Waals surface area contributed by atoms with Crippen LogP contribution in [0.15, 0.2) is 48.7 Å². The number of pyridine rings is 1. The molecule has 2 aromatic carbocycles. The van der Waals surface area contributed by atoms with Gasteiger partial charge < -0.3 is 24.0 Å². The van der Waals surface area contributed by atoms with E-state index in [4.69, 9.17) is 9.47 Å². The number of carbonyl (C=O) groups excluding carboxylic acids is 1. The fourth-order valence-corrected chi connectivity index (χ4v) is 5.03. The van der Waals surface area contributed by atoms with E-state index in [1.165, 1.54) is 38.5 Å². The molecule has 10 heteroatoms. The van der Waals surface area contributed by atoms with Crippen LogP contribution in [-0.4, -0.2) is 52.2 Å². The number of halogens is 2. The zero-order valence-corrected chi connectivity index (χ0v) is 20.8. The molecule has 0 radical (unpaired) electrons. The lowest BCUT2D eigenvalue weighted by Gasteiger charge is -2.29. The average molecular weight is 522 g/mol. The van der Waals surface area contributed by atoms with Crippen LogP contribution in [0.25, 0.3) is 11.0 Å². The summed E-state index contributed by atoms with van der Waals surface area (Å²) in [6.45, 7) is 1.08. The zero-order chi connectivity index (χ0) is 27.0. The summed E-state index contributed by atoms with van der Waals surface area (Å²) in [5, 5.41) is 10.5. The van der Waals surface area contributed by atoms with E-state index in [0.717, 1.165) is 28.4 Å². The van der Waals surface area contributed by atoms with E-state index in [-0.39, 0.29) is 35.9 Å². The second-order valence-electron chi connectivity index (χ2n) is 9.06. The molecule has 0 unspecified atom stereocenters. The van der Waals surface area contributed by atoms with Crippen molar-refractivity contribution >= 4 is 22.9 Å². The van der Waals surface area contributed by atoms with Crippen LogP contribution in [-0.2, 0) is 30.7 Å². The molecule has 8 nitrogen and oxygen atoms in total. The number of methoxy groups -OCH3 is 2. The Balaban J connectivity index is 1.45. The number of aromatic carboxylic acids is 1. The zero-order valence-electron chi connectivity index (χ0n) is 20.8. The molecule has 1 N–H and O–H groups in total. The number of aromatic nitrogens is 2. The van der Waals surface area contributed by atoms with Crippen LogP contribution >= 0.6 is 0 Å². The molecular weight excluding hydrogens is 496 g/mol. The number of carboxylic acids is 1. The first-order chi connectivity index (χ1) is 18.3. The van der Waals surface area contributed by atoms with E-state index in [9.17, 15) is 23.5 Å². The van der Waals surface area contributed by atoms with Crippen LogP contribution in [0.2, 0.25) is 0 Å². The number of rotatable bonds is 7. The predicted molar refractivity (Wildman–Crippen MR) is 135 cm³/mol. The highest BCUT2D eigenvalue weighted by atomic mass is 19.2. The number of nitrogens with zero attached hydrogens (tertiary/aromatic N) is 3. The van der Waals surface area contributed by atoms with Gasteiger partial charge in [0.15, 0.2) is 11.6 Å². The minimum atomic E-state index is -1.19. The van der Waals surface area contributed by atoms with Crippen molar-refractivity contribution in [2.24, 2.45) is 0 Å². The third-order valence-corrected chi connectivity index (χ3v) is 6.83. The van der Waals surface area contributed by atoms with Crippen molar-refractivity contribution in [2.75, 3.05) is 20.8 Å². The normalized spacial score (nSPS) is 12.9. The predicted octanol–water partition coefficient (Wildman–Crippen LogP) is 4.21. The summed E-state index contributed by atoms with van der Waals surface area (Å²) in [5.41, 5.74) is 3.71. The van der Waals surface area contributed by atoms with Crippen molar-refractivity contribution in [1.29, 1.82) is 0 Å². The number of amides is 1. The maximum atomic E-state index is 13.9. The number of carboxylic acid groups (broad SMARTS) is 1. The Bertz CT molecular complexity index is 1540. The van der Waals surface area contributed by atoms with Crippen molar-refractivity contribution in [3.05, 3.63) is 88.2 Å². The van der Waals surface area contributed by atoms with Crippen LogP contribution in [0, 0.1) is 11.6 Å². The standard InChI is InChI=1S/C28H25F2N3O5/c1-37-23-11-17(12-24(38-2)26(23)28(35)36)13-25(34)32-9-7-18-19-4-3-8-31-27(19)33(22(18)15-32)14-16-5-6-20(29)21(30)10-16/h3-6,8,10-12H,7,9,13-15H2,1-2H3,(H,35,36). The topological polar surface area (TPSA) is 93.9 Å². The van der Waals surface area contributed by atoms with E-state index >= 15 is 0 Å². The number of fused-ring (bicyclic) bond motifs is 3. The lowest BCUT2D eigenvalue weighted by atomic mass is 10.0. The molecule has 1 amide bonds. The lowest BCUT2D eigenvalue weighted by molar-refractivity contribution is -0.131. The van der Waals surface area contributed by atoms with Crippen molar-refractivity contribution in [2.45, 2.75) is 25.9 Å². The molecule has 0 aliphatic carbocycles. The van der Waals surface area contributed by atoms with Gasteiger partial charge in [0.05, 0.1) is 27.2 Å². The molecule has 0 fully saturated rings. The molecule has 196 valence electrons. The summed E-state index contributed by atoms with van der Waals surface area (Å²) in [6.07, 6.45) is 2.31. The summed E-state index contributed by atoms with van der Waals surface area (Å²) in [4.78, 5) is 31.3. The van der Waals surface area contributed by atoms with Crippen LogP contribution in [0.1, 0.15) is 32.7 Å². The van der Waals surface area contributed by atoms with Gasteiger partial charge in [-0.05, 0) is 59.5 Å². The Kier molecular flexibility index (Phi) is 6.71. The SMILES string of the molecule is COc1cc(CC(=O)N2CCc3c(n(Cc4ccc(F)c(F)c4)c4ncccc34)C2)cc(OC)c1C(=O)O. The molecule has 0 spiro atoms. The fraction of sp³-hybridized carbons (Fsp3) is 0.250. The van der Waals surface area contributed by atoms with Gasteiger partial charge in [-0.3, -0.25) is 4.79 Å². The minimum absolute atomic E-state index is 0.0175. The van der Waals surface area contributed by atoms with Crippen LogP contribution in [0.5, 0.6) is 11.5 Å². The molecule has 5 rings (SSSR count). The summed E-state index contributed by atoms with van der Waals surface area (Å²) >= 11 is 0. The molecule has 0 atom stereocenters. The van der Waals surface area contributed by atoms with Gasteiger partial charge in [-0.25, -0.2) is 18.6 Å². The Morgan fingerprint density at radius 3 is 2.42 bits per heavy atom. The molecular formula is C28H25F2N3O5. The van der Waals surface area contributed by atoms with E-state index in [2.05, 4.69) is 4.98 Å². The Morgan fingerprint density at radius 1 is 1.03 bits per heavy atom. The van der Waals surface area contributed by atoms with Crippen molar-refractivity contribution in [1.82, 2.24) is 14.5 Å². The van der Waals surface area contributed by atoms with Crippen LogP contribution in [0.3, 0.4) is 0 Å². The largest absolute Gasteiger partial charge is 0.496 e. The second-order valence-corrected chi connectivity index (χ2v) is 9.06. The molecule has 4 aromatic rings. The molecule has 0 saturated heterocycles. The number of hydrogen-bond acceptors (Lipinski definition) is 5. The van der Waals surface area contributed by atoms with Gasteiger partial charge in [0.25, 0.3) is 0 Å². The monoisotopic (exact) mass is 521 g/mol. The van der Waals surface area contributed by atoms with E-state index in [0.29, 0.717) is 30.6 Å². The highest BCUT2D eigenvalue weighted by Crippen LogP contribution is 2.33. The molecule has 1 aliphatic rings. The van der Waals surface area contributed by atoms with E-state index in [1.807, 2.05) is 16.7 Å². The van der Waals surface area contributed by atoms with Crippen LogP contribution < -0.4 is 9.47 Å². The van der Waals surface area contributed by atoms with Crippen LogP contribution in [0.4, 0.5) is 8.78 Å². The van der Waals surface area contributed by atoms with Gasteiger partial charge in [0.2, 0.25) is 5.91 Å². The number of benzene rings is 2. The Hall–Kier alpha value is -4.47. The lowest BCUT2D eigenvalue weighted by Crippen LogP contribution is -2.37. The molecule has 0 saturated carbocycles. The number of ether oxygens (including phenoxy) is 2. The van der Waals surface area contributed by atoms with Gasteiger partial charge in [0, 0.05) is 30.4 Å². The first-order valence-corrected chi connectivity index (χ1v) is 12.0. The van der Waals surface area contributed by atoms with E-state index in [1.54, 1.807) is 11.1 Å². The van der Waals surface area contributed by atoms with E-state index < -0.39 is 17.6 Å². The third kappa shape index (κ3) is 4.53. The maximum Gasteiger partial charge on any atom is 0.343 e. The van der Waals surface area contributed by atoms with Crippen molar-refractivity contribution in [3.8, 4) is 11.5 Å². The van der Waals surface area contributed by atoms with Gasteiger partial charge in [0.1, 0.15) is 22.7 Å². The molecule has 1 aliphatic heterocycles. The smallest absolute Gasteiger partial charge is 0.343 e. The van der Waals surface area contributed by atoms with Gasteiger partial charge >= 0.3 is 5.97 Å². The Morgan fingerprint density at radius 2 is 1.76 bits per heavy atom. The molecule has 3 heterocycles. The van der Waals surface area contributed by atoms with Crippen molar-refractivity contribution < 1.29 is 33.0 Å². The highest BCUT2D eigenvalue weighted by Gasteiger charge is 2.28. The number of carbonyl (C=O) groups is 2. The summed E-state index contributed by atoms with van der Waals surface area (Å²) in [5.74, 6) is -2.95. The quantitative estimate of drug-likeness (QED) is 0.392. The summed E-state index contributed by atoms with van der Waals surface area (Å²) < 4.78 is 39.8. The fourth-order valence-electron chi connectivity index (χ4n) is 5.03. The molecule has 38 heavy (non-hydrogen) atoms. The summed E-state index contributed by atoms with van der Waals surface area (Å²) in [7, 11) is 2.72.